The molecule has 28 heavy (non-hydrogen) atoms. The fourth-order valence-electron chi connectivity index (χ4n) is 4.93. The van der Waals surface area contributed by atoms with Crippen molar-refractivity contribution in [2.45, 2.75) is 103 Å². The van der Waals surface area contributed by atoms with E-state index in [4.69, 9.17) is 9.47 Å². The Morgan fingerprint density at radius 1 is 0.929 bits per heavy atom. The van der Waals surface area contributed by atoms with Gasteiger partial charge < -0.3 is 9.47 Å². The van der Waals surface area contributed by atoms with Crippen molar-refractivity contribution >= 4 is 0 Å². The summed E-state index contributed by atoms with van der Waals surface area (Å²) in [6.07, 6.45) is 14.2. The van der Waals surface area contributed by atoms with Gasteiger partial charge in [-0.15, -0.1) is 0 Å². The van der Waals surface area contributed by atoms with Crippen molar-refractivity contribution in [1.29, 1.82) is 0 Å². The number of hydrogen-bond donors (Lipinski definition) is 0. The molecule has 1 saturated heterocycles. The molecule has 2 nitrogen and oxygen atoms in total. The number of halogens is 1. The van der Waals surface area contributed by atoms with Crippen LogP contribution in [0.2, 0.25) is 0 Å². The highest BCUT2D eigenvalue weighted by Gasteiger charge is 2.35. The monoisotopic (exact) mass is 390 g/mol. The lowest BCUT2D eigenvalue weighted by atomic mass is 9.78. The molecule has 1 aromatic rings. The zero-order valence-electron chi connectivity index (χ0n) is 17.9. The summed E-state index contributed by atoms with van der Waals surface area (Å²) < 4.78 is 25.6. The smallest absolute Gasteiger partial charge is 0.160 e. The lowest BCUT2D eigenvalue weighted by molar-refractivity contribution is -0.257. The highest BCUT2D eigenvalue weighted by Crippen LogP contribution is 2.40. The van der Waals surface area contributed by atoms with Crippen LogP contribution in [0.15, 0.2) is 24.3 Å². The van der Waals surface area contributed by atoms with Gasteiger partial charge in [-0.3, -0.25) is 0 Å². The quantitative estimate of drug-likeness (QED) is 0.414. The Morgan fingerprint density at radius 3 is 2.29 bits per heavy atom. The van der Waals surface area contributed by atoms with Crippen LogP contribution >= 0.6 is 0 Å². The van der Waals surface area contributed by atoms with Gasteiger partial charge in [0.25, 0.3) is 0 Å². The fraction of sp³-hybridized carbons (Fsp3) is 0.760. The molecule has 2 fully saturated rings. The number of benzene rings is 1. The molecule has 0 N–H and O–H groups in total. The molecule has 0 bridgehead atoms. The second kappa shape index (κ2) is 11.3. The SMILES string of the molecule is CCCCCCCCC1COC(C2CCC(c3ccc(F)cc3)CC2)OC1C. The minimum Gasteiger partial charge on any atom is -0.352 e. The molecule has 2 aliphatic rings. The molecule has 1 heterocycles. The second-order valence-electron chi connectivity index (χ2n) is 9.02. The van der Waals surface area contributed by atoms with E-state index in [0.29, 0.717) is 23.9 Å². The van der Waals surface area contributed by atoms with E-state index in [2.05, 4.69) is 13.8 Å². The standard InChI is InChI=1S/C25H39FO2/c1-3-4-5-6-7-8-9-23-18-27-25(28-19(23)2)22-12-10-20(11-13-22)21-14-16-24(26)17-15-21/h14-17,19-20,22-23,25H,3-13,18H2,1-2H3. The van der Waals surface area contributed by atoms with Crippen LogP contribution in [0.1, 0.15) is 96.0 Å². The summed E-state index contributed by atoms with van der Waals surface area (Å²) >= 11 is 0. The maximum Gasteiger partial charge on any atom is 0.160 e. The van der Waals surface area contributed by atoms with E-state index < -0.39 is 0 Å². The Bertz CT molecular complexity index is 550. The Hall–Kier alpha value is -0.930. The van der Waals surface area contributed by atoms with E-state index in [1.807, 2.05) is 12.1 Å². The van der Waals surface area contributed by atoms with E-state index >= 15 is 0 Å². The first kappa shape index (κ1) is 21.8. The number of ether oxygens (including phenoxy) is 2. The number of unbranched alkanes of at least 4 members (excludes halogenated alkanes) is 5. The first-order chi connectivity index (χ1) is 13.7. The summed E-state index contributed by atoms with van der Waals surface area (Å²) in [5.41, 5.74) is 1.28. The summed E-state index contributed by atoms with van der Waals surface area (Å²) in [6.45, 7) is 5.37. The minimum atomic E-state index is -0.147. The van der Waals surface area contributed by atoms with Crippen molar-refractivity contribution < 1.29 is 13.9 Å². The summed E-state index contributed by atoms with van der Waals surface area (Å²) in [5.74, 6) is 1.47. The zero-order valence-corrected chi connectivity index (χ0v) is 17.9. The van der Waals surface area contributed by atoms with Crippen LogP contribution in [0.5, 0.6) is 0 Å². The van der Waals surface area contributed by atoms with E-state index in [1.165, 1.54) is 50.5 Å². The first-order valence-electron chi connectivity index (χ1n) is 11.7. The summed E-state index contributed by atoms with van der Waals surface area (Å²) in [6, 6.07) is 7.06. The average molecular weight is 391 g/mol. The maximum absolute atomic E-state index is 13.1. The van der Waals surface area contributed by atoms with Crippen molar-refractivity contribution in [3.63, 3.8) is 0 Å². The van der Waals surface area contributed by atoms with E-state index in [9.17, 15) is 4.39 Å². The highest BCUT2D eigenvalue weighted by molar-refractivity contribution is 5.20. The summed E-state index contributed by atoms with van der Waals surface area (Å²) in [5, 5.41) is 0. The molecule has 3 unspecified atom stereocenters. The van der Waals surface area contributed by atoms with Crippen LogP contribution in [0.4, 0.5) is 4.39 Å². The molecule has 3 heteroatoms. The molecule has 1 aliphatic carbocycles. The predicted molar refractivity (Wildman–Crippen MR) is 113 cm³/mol. The van der Waals surface area contributed by atoms with Crippen LogP contribution in [0.25, 0.3) is 0 Å². The first-order valence-corrected chi connectivity index (χ1v) is 11.7. The van der Waals surface area contributed by atoms with Gasteiger partial charge in [-0.05, 0) is 62.6 Å². The number of rotatable bonds is 9. The molecule has 1 saturated carbocycles. The van der Waals surface area contributed by atoms with Crippen molar-refractivity contribution in [2.75, 3.05) is 6.61 Å². The largest absolute Gasteiger partial charge is 0.352 e. The molecular formula is C25H39FO2. The number of hydrogen-bond acceptors (Lipinski definition) is 2. The van der Waals surface area contributed by atoms with E-state index in [0.717, 1.165) is 32.3 Å². The second-order valence-corrected chi connectivity index (χ2v) is 9.02. The normalized spacial score (nSPS) is 31.0. The molecule has 158 valence electrons. The van der Waals surface area contributed by atoms with Crippen LogP contribution in [-0.4, -0.2) is 19.0 Å². The molecule has 1 aromatic carbocycles. The molecule has 0 amide bonds. The van der Waals surface area contributed by atoms with Crippen molar-refractivity contribution in [1.82, 2.24) is 0 Å². The third kappa shape index (κ3) is 6.29. The Morgan fingerprint density at radius 2 is 1.61 bits per heavy atom. The Kier molecular flexibility index (Phi) is 8.79. The zero-order chi connectivity index (χ0) is 19.8. The van der Waals surface area contributed by atoms with Gasteiger partial charge >= 0.3 is 0 Å². The third-order valence-electron chi connectivity index (χ3n) is 6.91. The Balaban J connectivity index is 1.36. The van der Waals surface area contributed by atoms with Crippen LogP contribution in [0.3, 0.4) is 0 Å². The fourth-order valence-corrected chi connectivity index (χ4v) is 4.93. The van der Waals surface area contributed by atoms with Gasteiger partial charge in [0.2, 0.25) is 0 Å². The molecule has 3 rings (SSSR count). The lowest BCUT2D eigenvalue weighted by Gasteiger charge is -2.40. The summed E-state index contributed by atoms with van der Waals surface area (Å²) in [7, 11) is 0. The van der Waals surface area contributed by atoms with Gasteiger partial charge in [-0.2, -0.15) is 0 Å². The maximum atomic E-state index is 13.1. The van der Waals surface area contributed by atoms with Gasteiger partial charge in [-0.25, -0.2) is 4.39 Å². The van der Waals surface area contributed by atoms with Crippen molar-refractivity contribution in [2.24, 2.45) is 11.8 Å². The van der Waals surface area contributed by atoms with Gasteiger partial charge in [0.05, 0.1) is 12.7 Å². The van der Waals surface area contributed by atoms with Crippen LogP contribution in [0, 0.1) is 17.7 Å². The molecule has 0 spiro atoms. The molecule has 3 atom stereocenters. The van der Waals surface area contributed by atoms with Crippen LogP contribution < -0.4 is 0 Å². The van der Waals surface area contributed by atoms with Crippen molar-refractivity contribution in [3.05, 3.63) is 35.6 Å². The Labute approximate surface area is 171 Å². The minimum absolute atomic E-state index is 0.0232. The van der Waals surface area contributed by atoms with Crippen LogP contribution in [-0.2, 0) is 9.47 Å². The lowest BCUT2D eigenvalue weighted by Crippen LogP contribution is -2.42. The van der Waals surface area contributed by atoms with Gasteiger partial charge in [-0.1, -0.05) is 57.6 Å². The molecule has 1 aliphatic heterocycles. The van der Waals surface area contributed by atoms with Gasteiger partial charge in [0, 0.05) is 11.8 Å². The van der Waals surface area contributed by atoms with Crippen molar-refractivity contribution in [3.8, 4) is 0 Å². The van der Waals surface area contributed by atoms with Gasteiger partial charge in [0.15, 0.2) is 6.29 Å². The average Bonchev–Trinajstić information content (AvgIpc) is 2.72. The molecule has 0 radical (unpaired) electrons. The summed E-state index contributed by atoms with van der Waals surface area (Å²) in [4.78, 5) is 0. The molecular weight excluding hydrogens is 351 g/mol. The topological polar surface area (TPSA) is 18.5 Å². The predicted octanol–water partition coefficient (Wildman–Crippen LogP) is 7.23. The van der Waals surface area contributed by atoms with E-state index in [1.54, 1.807) is 12.1 Å². The van der Waals surface area contributed by atoms with E-state index in [-0.39, 0.29) is 12.1 Å². The molecule has 0 aromatic heterocycles. The van der Waals surface area contributed by atoms with Gasteiger partial charge in [0.1, 0.15) is 5.82 Å². The highest BCUT2D eigenvalue weighted by atomic mass is 19.1. The third-order valence-corrected chi connectivity index (χ3v) is 6.91.